The van der Waals surface area contributed by atoms with E-state index in [1.165, 1.54) is 0 Å². The summed E-state index contributed by atoms with van der Waals surface area (Å²) >= 11 is 0. The highest BCUT2D eigenvalue weighted by molar-refractivity contribution is 5.80. The van der Waals surface area contributed by atoms with E-state index in [1.807, 2.05) is 60.6 Å². The van der Waals surface area contributed by atoms with Crippen LogP contribution in [0.2, 0.25) is 0 Å². The molecule has 1 saturated heterocycles. The van der Waals surface area contributed by atoms with Gasteiger partial charge in [0.05, 0.1) is 43.5 Å². The number of hydrogen-bond donors (Lipinski definition) is 0. The van der Waals surface area contributed by atoms with Crippen LogP contribution in [0.4, 0.5) is 0 Å². The molecule has 2 aromatic carbocycles. The summed E-state index contributed by atoms with van der Waals surface area (Å²) in [7, 11) is 3.30. The maximum Gasteiger partial charge on any atom is 0.227 e. The molecule has 3 aromatic rings. The van der Waals surface area contributed by atoms with Crippen molar-refractivity contribution in [1.29, 1.82) is 0 Å². The fraction of sp³-hybridized carbons (Fsp3) is 0.391. The third-order valence-corrected chi connectivity index (χ3v) is 5.76. The third-order valence-electron chi connectivity index (χ3n) is 5.76. The first-order valence-corrected chi connectivity index (χ1v) is 10.0. The number of imidazole rings is 1. The van der Waals surface area contributed by atoms with Crippen LogP contribution in [0, 0.1) is 5.92 Å². The van der Waals surface area contributed by atoms with Gasteiger partial charge < -0.3 is 18.9 Å². The number of para-hydroxylation sites is 2. The molecule has 1 aliphatic rings. The average Bonchev–Trinajstić information content (AvgIpc) is 3.40. The van der Waals surface area contributed by atoms with Crippen molar-refractivity contribution in [3.05, 3.63) is 54.4 Å². The van der Waals surface area contributed by atoms with Crippen molar-refractivity contribution < 1.29 is 14.3 Å². The summed E-state index contributed by atoms with van der Waals surface area (Å²) in [5.41, 5.74) is 3.05. The van der Waals surface area contributed by atoms with Crippen LogP contribution in [0.1, 0.15) is 31.4 Å². The Morgan fingerprint density at radius 3 is 2.83 bits per heavy atom. The molecule has 4 rings (SSSR count). The smallest absolute Gasteiger partial charge is 0.227 e. The lowest BCUT2D eigenvalue weighted by Crippen LogP contribution is -2.36. The molecule has 1 aromatic heterocycles. The van der Waals surface area contributed by atoms with E-state index in [0.717, 1.165) is 47.5 Å². The lowest BCUT2D eigenvalue weighted by molar-refractivity contribution is -0.136. The molecule has 0 radical (unpaired) electrons. The number of likely N-dealkylation sites (tertiary alicyclic amines) is 1. The molecular formula is C23H27N3O3. The van der Waals surface area contributed by atoms with Gasteiger partial charge in [-0.15, -0.1) is 0 Å². The van der Waals surface area contributed by atoms with Gasteiger partial charge in [-0.05, 0) is 37.1 Å². The fourth-order valence-corrected chi connectivity index (χ4v) is 4.26. The van der Waals surface area contributed by atoms with Crippen LogP contribution in [0.5, 0.6) is 11.5 Å². The van der Waals surface area contributed by atoms with E-state index in [2.05, 4.69) is 9.55 Å². The molecule has 0 N–H and O–H groups in total. The summed E-state index contributed by atoms with van der Waals surface area (Å²) in [6.07, 6.45) is 3.75. The number of methoxy groups -OCH3 is 2. The summed E-state index contributed by atoms with van der Waals surface area (Å²) in [6.45, 7) is 3.38. The quantitative estimate of drug-likeness (QED) is 0.634. The highest BCUT2D eigenvalue weighted by Crippen LogP contribution is 2.39. The largest absolute Gasteiger partial charge is 0.497 e. The molecule has 1 fully saturated rings. The molecule has 0 saturated carbocycles. The first-order chi connectivity index (χ1) is 14.1. The second-order valence-electron chi connectivity index (χ2n) is 7.58. The Morgan fingerprint density at radius 2 is 2.03 bits per heavy atom. The van der Waals surface area contributed by atoms with E-state index < -0.39 is 0 Å². The van der Waals surface area contributed by atoms with Gasteiger partial charge in [-0.1, -0.05) is 19.1 Å². The molecule has 0 spiro atoms. The number of benzene rings is 2. The number of ether oxygens (including phenoxy) is 2. The number of amides is 1. The van der Waals surface area contributed by atoms with Crippen molar-refractivity contribution in [2.45, 2.75) is 32.4 Å². The molecule has 29 heavy (non-hydrogen) atoms. The monoisotopic (exact) mass is 393 g/mol. The summed E-state index contributed by atoms with van der Waals surface area (Å²) in [5.74, 6) is 1.55. The summed E-state index contributed by atoms with van der Waals surface area (Å²) in [6, 6.07) is 13.9. The minimum absolute atomic E-state index is 0.0327. The number of aromatic nitrogens is 2. The predicted octanol–water partition coefficient (Wildman–Crippen LogP) is 4.05. The van der Waals surface area contributed by atoms with E-state index in [9.17, 15) is 4.79 Å². The Hall–Kier alpha value is -3.02. The van der Waals surface area contributed by atoms with Gasteiger partial charge in [0, 0.05) is 24.7 Å². The van der Waals surface area contributed by atoms with Gasteiger partial charge in [0.25, 0.3) is 0 Å². The number of carbonyl (C=O) groups is 1. The van der Waals surface area contributed by atoms with Crippen molar-refractivity contribution in [2.75, 3.05) is 20.8 Å². The predicted molar refractivity (Wildman–Crippen MR) is 112 cm³/mol. The van der Waals surface area contributed by atoms with Crippen LogP contribution in [0.25, 0.3) is 11.0 Å². The molecule has 6 nitrogen and oxygen atoms in total. The Balaban J connectivity index is 1.54. The minimum Gasteiger partial charge on any atom is -0.497 e. The van der Waals surface area contributed by atoms with Gasteiger partial charge in [-0.2, -0.15) is 0 Å². The zero-order chi connectivity index (χ0) is 20.4. The second kappa shape index (κ2) is 8.15. The molecule has 6 heteroatoms. The maximum atomic E-state index is 13.3. The minimum atomic E-state index is -0.141. The number of carbonyl (C=O) groups excluding carboxylic acids is 1. The summed E-state index contributed by atoms with van der Waals surface area (Å²) < 4.78 is 13.0. The zero-order valence-electron chi connectivity index (χ0n) is 17.2. The van der Waals surface area contributed by atoms with E-state index in [1.54, 1.807) is 14.2 Å². The van der Waals surface area contributed by atoms with Gasteiger partial charge in [0.1, 0.15) is 11.5 Å². The van der Waals surface area contributed by atoms with Gasteiger partial charge in [-0.25, -0.2) is 4.98 Å². The average molecular weight is 393 g/mol. The Labute approximate surface area is 171 Å². The fourth-order valence-electron chi connectivity index (χ4n) is 4.26. The maximum absolute atomic E-state index is 13.3. The van der Waals surface area contributed by atoms with Crippen LogP contribution in [-0.2, 0) is 11.3 Å². The topological polar surface area (TPSA) is 56.6 Å². The highest BCUT2D eigenvalue weighted by Gasteiger charge is 2.34. The third kappa shape index (κ3) is 3.67. The standard InChI is InChI=1S/C23H27N3O3/c1-16(14-25-15-24-19-7-4-5-8-21(19)25)23(27)26-12-6-9-20(26)18-11-10-17(28-2)13-22(18)29-3/h4-5,7-8,10-11,13,15-16,20H,6,9,12,14H2,1-3H3/t16-,20+/m1/s1. The van der Waals surface area contributed by atoms with Gasteiger partial charge in [0.15, 0.2) is 0 Å². The molecule has 1 amide bonds. The molecule has 0 aliphatic carbocycles. The van der Waals surface area contributed by atoms with Crippen molar-refractivity contribution >= 4 is 16.9 Å². The second-order valence-corrected chi connectivity index (χ2v) is 7.58. The number of nitrogens with zero attached hydrogens (tertiary/aromatic N) is 3. The van der Waals surface area contributed by atoms with Crippen LogP contribution in [-0.4, -0.2) is 41.1 Å². The summed E-state index contributed by atoms with van der Waals surface area (Å²) in [4.78, 5) is 19.8. The van der Waals surface area contributed by atoms with Crippen molar-refractivity contribution in [1.82, 2.24) is 14.5 Å². The van der Waals surface area contributed by atoms with Crippen molar-refractivity contribution in [3.8, 4) is 11.5 Å². The molecule has 0 unspecified atom stereocenters. The van der Waals surface area contributed by atoms with E-state index in [0.29, 0.717) is 6.54 Å². The van der Waals surface area contributed by atoms with Crippen LogP contribution in [0.3, 0.4) is 0 Å². The number of fused-ring (bicyclic) bond motifs is 1. The molecule has 2 heterocycles. The van der Waals surface area contributed by atoms with Gasteiger partial charge in [0.2, 0.25) is 5.91 Å². The van der Waals surface area contributed by atoms with Gasteiger partial charge in [-0.3, -0.25) is 4.79 Å². The Bertz CT molecular complexity index is 1010. The normalized spacial score (nSPS) is 17.5. The first-order valence-electron chi connectivity index (χ1n) is 10.0. The molecular weight excluding hydrogens is 366 g/mol. The summed E-state index contributed by atoms with van der Waals surface area (Å²) in [5, 5.41) is 0. The highest BCUT2D eigenvalue weighted by atomic mass is 16.5. The molecule has 152 valence electrons. The number of rotatable bonds is 6. The molecule has 1 aliphatic heterocycles. The first kappa shape index (κ1) is 19.3. The van der Waals surface area contributed by atoms with Crippen LogP contribution < -0.4 is 9.47 Å². The zero-order valence-corrected chi connectivity index (χ0v) is 17.2. The lowest BCUT2D eigenvalue weighted by Gasteiger charge is -2.29. The van der Waals surface area contributed by atoms with E-state index in [4.69, 9.17) is 9.47 Å². The van der Waals surface area contributed by atoms with Gasteiger partial charge >= 0.3 is 0 Å². The van der Waals surface area contributed by atoms with Crippen molar-refractivity contribution in [2.24, 2.45) is 5.92 Å². The SMILES string of the molecule is COc1ccc([C@@H]2CCCN2C(=O)[C@H](C)Cn2cnc3ccccc32)c(OC)c1. The molecule has 2 atom stereocenters. The van der Waals surface area contributed by atoms with E-state index >= 15 is 0 Å². The Kier molecular flexibility index (Phi) is 5.43. The lowest BCUT2D eigenvalue weighted by atomic mass is 10.0. The van der Waals surface area contributed by atoms with Crippen molar-refractivity contribution in [3.63, 3.8) is 0 Å². The molecule has 0 bridgehead atoms. The van der Waals surface area contributed by atoms with E-state index in [-0.39, 0.29) is 17.9 Å². The Morgan fingerprint density at radius 1 is 1.21 bits per heavy atom. The number of hydrogen-bond acceptors (Lipinski definition) is 4. The van der Waals surface area contributed by atoms with Crippen LogP contribution in [0.15, 0.2) is 48.8 Å². The van der Waals surface area contributed by atoms with Crippen LogP contribution >= 0.6 is 0 Å².